The summed E-state index contributed by atoms with van der Waals surface area (Å²) >= 11 is 0. The first kappa shape index (κ1) is 7.73. The van der Waals surface area contributed by atoms with Crippen LogP contribution >= 0.6 is 0 Å². The molecule has 0 aromatic heterocycles. The normalized spacial score (nSPS) is 25.7. The Morgan fingerprint density at radius 2 is 2.50 bits per heavy atom. The van der Waals surface area contributed by atoms with Crippen LogP contribution in [0.4, 0.5) is 0 Å². The molecular weight excluding hydrogens is 126 g/mol. The first-order chi connectivity index (χ1) is 4.84. The van der Waals surface area contributed by atoms with E-state index in [1.165, 1.54) is 0 Å². The average Bonchev–Trinajstić information content (AvgIpc) is 2.31. The topological polar surface area (TPSA) is 29.1 Å². The summed E-state index contributed by atoms with van der Waals surface area (Å²) in [6, 6.07) is 0.194. The lowest BCUT2D eigenvalue weighted by Crippen LogP contribution is -2.32. The Labute approximate surface area is 62.0 Å². The van der Waals surface area contributed by atoms with Crippen LogP contribution < -0.4 is 5.32 Å². The van der Waals surface area contributed by atoms with Crippen molar-refractivity contribution in [1.29, 1.82) is 0 Å². The highest BCUT2D eigenvalue weighted by Crippen LogP contribution is 2.13. The third-order valence-corrected chi connectivity index (χ3v) is 1.95. The minimum atomic E-state index is 0.194. The quantitative estimate of drug-likeness (QED) is 0.638. The fourth-order valence-electron chi connectivity index (χ4n) is 1.35. The summed E-state index contributed by atoms with van der Waals surface area (Å²) in [6.07, 6.45) is 4.05. The van der Waals surface area contributed by atoms with Gasteiger partial charge in [-0.05, 0) is 25.8 Å². The largest absolute Gasteiger partial charge is 0.307 e. The van der Waals surface area contributed by atoms with Crippen LogP contribution in [-0.4, -0.2) is 18.4 Å². The molecule has 1 rings (SSSR count). The molecule has 0 aliphatic heterocycles. The van der Waals surface area contributed by atoms with Gasteiger partial charge in [0.25, 0.3) is 0 Å². The predicted octanol–water partition coefficient (Wildman–Crippen LogP) is 1.11. The zero-order chi connectivity index (χ0) is 7.40. The number of nitrogens with one attached hydrogen (secondary N) is 1. The van der Waals surface area contributed by atoms with Crippen molar-refractivity contribution in [3.8, 4) is 0 Å². The standard InChI is InChI=1S/C8H15NO/c1-2-6-9-7-4-3-5-8(7)10/h7,9H,2-6H2,1H3/t7-/m1/s1. The Bertz CT molecular complexity index is 122. The molecule has 1 atom stereocenters. The molecule has 58 valence electrons. The fraction of sp³-hybridized carbons (Fsp3) is 0.875. The molecule has 0 bridgehead atoms. The van der Waals surface area contributed by atoms with Crippen molar-refractivity contribution in [3.63, 3.8) is 0 Å². The lowest BCUT2D eigenvalue weighted by molar-refractivity contribution is -0.119. The van der Waals surface area contributed by atoms with Crippen LogP contribution in [0.25, 0.3) is 0 Å². The Hall–Kier alpha value is -0.370. The van der Waals surface area contributed by atoms with Crippen LogP contribution in [0.2, 0.25) is 0 Å². The van der Waals surface area contributed by atoms with Crippen molar-refractivity contribution >= 4 is 5.78 Å². The summed E-state index contributed by atoms with van der Waals surface area (Å²) in [4.78, 5) is 11.0. The minimum absolute atomic E-state index is 0.194. The summed E-state index contributed by atoms with van der Waals surface area (Å²) in [5.41, 5.74) is 0. The molecule has 0 spiro atoms. The third kappa shape index (κ3) is 1.81. The Balaban J connectivity index is 2.20. The second-order valence-electron chi connectivity index (χ2n) is 2.87. The SMILES string of the molecule is CCCN[C@@H]1CCCC1=O. The van der Waals surface area contributed by atoms with E-state index in [1.807, 2.05) is 0 Å². The first-order valence-electron chi connectivity index (χ1n) is 4.10. The molecular formula is C8H15NO. The maximum Gasteiger partial charge on any atom is 0.149 e. The predicted molar refractivity (Wildman–Crippen MR) is 40.9 cm³/mol. The smallest absolute Gasteiger partial charge is 0.149 e. The molecule has 10 heavy (non-hydrogen) atoms. The molecule has 1 N–H and O–H groups in total. The molecule has 0 heterocycles. The fourth-order valence-corrected chi connectivity index (χ4v) is 1.35. The molecule has 0 aromatic rings. The summed E-state index contributed by atoms with van der Waals surface area (Å²) < 4.78 is 0. The highest BCUT2D eigenvalue weighted by Gasteiger charge is 2.22. The van der Waals surface area contributed by atoms with E-state index in [9.17, 15) is 4.79 Å². The van der Waals surface area contributed by atoms with Gasteiger partial charge in [0.1, 0.15) is 5.78 Å². The molecule has 0 aromatic carbocycles. The van der Waals surface area contributed by atoms with Crippen LogP contribution in [0.1, 0.15) is 32.6 Å². The van der Waals surface area contributed by atoms with Crippen molar-refractivity contribution < 1.29 is 4.79 Å². The molecule has 1 fully saturated rings. The third-order valence-electron chi connectivity index (χ3n) is 1.95. The van der Waals surface area contributed by atoms with Gasteiger partial charge in [0.2, 0.25) is 0 Å². The van der Waals surface area contributed by atoms with Gasteiger partial charge in [0.15, 0.2) is 0 Å². The number of hydrogen-bond donors (Lipinski definition) is 1. The number of rotatable bonds is 3. The van der Waals surface area contributed by atoms with Gasteiger partial charge in [0.05, 0.1) is 6.04 Å². The second-order valence-corrected chi connectivity index (χ2v) is 2.87. The van der Waals surface area contributed by atoms with Gasteiger partial charge >= 0.3 is 0 Å². The van der Waals surface area contributed by atoms with E-state index >= 15 is 0 Å². The van der Waals surface area contributed by atoms with E-state index in [1.54, 1.807) is 0 Å². The number of hydrogen-bond acceptors (Lipinski definition) is 2. The molecule has 2 nitrogen and oxygen atoms in total. The molecule has 0 unspecified atom stereocenters. The molecule has 1 aliphatic rings. The monoisotopic (exact) mass is 141 g/mol. The second kappa shape index (κ2) is 3.71. The highest BCUT2D eigenvalue weighted by molar-refractivity contribution is 5.85. The van der Waals surface area contributed by atoms with Crippen LogP contribution in [0.15, 0.2) is 0 Å². The number of ketones is 1. The Morgan fingerprint density at radius 3 is 3.00 bits per heavy atom. The summed E-state index contributed by atoms with van der Waals surface area (Å²) in [6.45, 7) is 3.10. The zero-order valence-electron chi connectivity index (χ0n) is 6.52. The zero-order valence-corrected chi connectivity index (χ0v) is 6.52. The van der Waals surface area contributed by atoms with Crippen LogP contribution in [-0.2, 0) is 4.79 Å². The maximum atomic E-state index is 11.0. The Kier molecular flexibility index (Phi) is 2.87. The lowest BCUT2D eigenvalue weighted by Gasteiger charge is -2.07. The molecule has 0 saturated heterocycles. The van der Waals surface area contributed by atoms with Gasteiger partial charge in [-0.3, -0.25) is 4.79 Å². The van der Waals surface area contributed by atoms with Gasteiger partial charge in [-0.25, -0.2) is 0 Å². The number of carbonyl (C=O) groups is 1. The summed E-state index contributed by atoms with van der Waals surface area (Å²) in [5.74, 6) is 0.411. The van der Waals surface area contributed by atoms with E-state index in [0.717, 1.165) is 32.2 Å². The van der Waals surface area contributed by atoms with E-state index < -0.39 is 0 Å². The van der Waals surface area contributed by atoms with Crippen molar-refractivity contribution in [2.45, 2.75) is 38.6 Å². The van der Waals surface area contributed by atoms with Crippen molar-refractivity contribution in [1.82, 2.24) is 5.32 Å². The highest BCUT2D eigenvalue weighted by atomic mass is 16.1. The maximum absolute atomic E-state index is 11.0. The molecule has 1 aliphatic carbocycles. The summed E-state index contributed by atoms with van der Waals surface area (Å²) in [7, 11) is 0. The van der Waals surface area contributed by atoms with Gasteiger partial charge in [0, 0.05) is 6.42 Å². The van der Waals surface area contributed by atoms with Crippen molar-refractivity contribution in [2.24, 2.45) is 0 Å². The summed E-state index contributed by atoms with van der Waals surface area (Å²) in [5, 5.41) is 3.23. The molecule has 0 radical (unpaired) electrons. The first-order valence-corrected chi connectivity index (χ1v) is 4.10. The van der Waals surface area contributed by atoms with Crippen molar-refractivity contribution in [3.05, 3.63) is 0 Å². The van der Waals surface area contributed by atoms with Crippen LogP contribution in [0.5, 0.6) is 0 Å². The minimum Gasteiger partial charge on any atom is -0.307 e. The number of carbonyl (C=O) groups excluding carboxylic acids is 1. The van der Waals surface area contributed by atoms with E-state index in [-0.39, 0.29) is 6.04 Å². The van der Waals surface area contributed by atoms with Crippen molar-refractivity contribution in [2.75, 3.05) is 6.54 Å². The van der Waals surface area contributed by atoms with Gasteiger partial charge < -0.3 is 5.32 Å². The lowest BCUT2D eigenvalue weighted by atomic mass is 10.2. The van der Waals surface area contributed by atoms with Gasteiger partial charge in [-0.15, -0.1) is 0 Å². The van der Waals surface area contributed by atoms with E-state index in [0.29, 0.717) is 5.78 Å². The molecule has 2 heteroatoms. The molecule has 0 amide bonds. The van der Waals surface area contributed by atoms with Gasteiger partial charge in [-0.2, -0.15) is 0 Å². The molecule has 1 saturated carbocycles. The van der Waals surface area contributed by atoms with Crippen LogP contribution in [0, 0.1) is 0 Å². The average molecular weight is 141 g/mol. The number of Topliss-reactive ketones (excluding diaryl/α,β-unsaturated/α-hetero) is 1. The van der Waals surface area contributed by atoms with Crippen LogP contribution in [0.3, 0.4) is 0 Å². The van der Waals surface area contributed by atoms with E-state index in [2.05, 4.69) is 12.2 Å². The Morgan fingerprint density at radius 1 is 1.70 bits per heavy atom. The van der Waals surface area contributed by atoms with E-state index in [4.69, 9.17) is 0 Å². The van der Waals surface area contributed by atoms with Gasteiger partial charge in [-0.1, -0.05) is 6.92 Å².